The van der Waals surface area contributed by atoms with Crippen LogP contribution >= 0.6 is 0 Å². The highest BCUT2D eigenvalue weighted by molar-refractivity contribution is 7.92. The van der Waals surface area contributed by atoms with Crippen LogP contribution in [0.1, 0.15) is 40.5 Å². The first-order valence-corrected chi connectivity index (χ1v) is 13.3. The van der Waals surface area contributed by atoms with Gasteiger partial charge in [-0.05, 0) is 61.2 Å². The molecule has 0 spiro atoms. The lowest BCUT2D eigenvalue weighted by Gasteiger charge is -2.32. The molecule has 1 amide bonds. The number of carbonyl (C=O) groups excluding carboxylic acids is 1. The maximum atomic E-state index is 13.5. The number of carbonyl (C=O) groups is 1. The third-order valence-electron chi connectivity index (χ3n) is 6.93. The van der Waals surface area contributed by atoms with Gasteiger partial charge in [0.2, 0.25) is 0 Å². The second-order valence-corrected chi connectivity index (χ2v) is 10.9. The predicted molar refractivity (Wildman–Crippen MR) is 132 cm³/mol. The van der Waals surface area contributed by atoms with Gasteiger partial charge in [-0.1, -0.05) is 30.3 Å². The summed E-state index contributed by atoms with van der Waals surface area (Å²) in [4.78, 5) is 15.4. The Hall–Kier alpha value is -3.72. The number of sulfonamides is 1. The summed E-state index contributed by atoms with van der Waals surface area (Å²) in [6.45, 7) is 1.55. The Bertz CT molecular complexity index is 1530. The molecule has 8 nitrogen and oxygen atoms in total. The minimum atomic E-state index is -3.77. The molecular weight excluding hydrogens is 462 g/mol. The Morgan fingerprint density at radius 2 is 1.80 bits per heavy atom. The molecule has 1 fully saturated rings. The molecule has 2 aromatic carbocycles. The lowest BCUT2D eigenvalue weighted by atomic mass is 9.96. The summed E-state index contributed by atoms with van der Waals surface area (Å²) in [7, 11) is -3.77. The smallest absolute Gasteiger partial charge is 0.264 e. The number of aromatic nitrogens is 3. The number of likely N-dealkylation sites (tertiary alicyclic amines) is 1. The van der Waals surface area contributed by atoms with Gasteiger partial charge in [0.05, 0.1) is 10.6 Å². The summed E-state index contributed by atoms with van der Waals surface area (Å²) >= 11 is 0. The molecular formula is C26H25N5O3S. The molecule has 2 aliphatic rings. The van der Waals surface area contributed by atoms with E-state index in [0.29, 0.717) is 37.3 Å². The van der Waals surface area contributed by atoms with E-state index in [0.717, 1.165) is 29.9 Å². The van der Waals surface area contributed by atoms with E-state index >= 15 is 0 Å². The van der Waals surface area contributed by atoms with Crippen molar-refractivity contribution in [1.82, 2.24) is 19.5 Å². The van der Waals surface area contributed by atoms with Gasteiger partial charge < -0.3 is 4.90 Å². The molecule has 178 valence electrons. The van der Waals surface area contributed by atoms with Crippen LogP contribution in [0.2, 0.25) is 0 Å². The summed E-state index contributed by atoms with van der Waals surface area (Å²) in [6.07, 6.45) is 4.39. The second-order valence-electron chi connectivity index (χ2n) is 9.06. The molecule has 2 aromatic heterocycles. The molecule has 2 aliphatic heterocycles. The van der Waals surface area contributed by atoms with Gasteiger partial charge in [0, 0.05) is 37.3 Å². The molecule has 35 heavy (non-hydrogen) atoms. The predicted octanol–water partition coefficient (Wildman–Crippen LogP) is 3.50. The molecule has 0 N–H and O–H groups in total. The summed E-state index contributed by atoms with van der Waals surface area (Å²) in [5.74, 6) is 0.752. The molecule has 1 atom stereocenters. The van der Waals surface area contributed by atoms with Crippen molar-refractivity contribution >= 4 is 27.3 Å². The van der Waals surface area contributed by atoms with Crippen molar-refractivity contribution in [3.8, 4) is 0 Å². The van der Waals surface area contributed by atoms with E-state index in [-0.39, 0.29) is 16.7 Å². The SMILES string of the molecule is O=C(c1cccc(S(=O)(=O)N2CCc3ccccc32)c1)N1CCC[C@@H](c2nnc3ccccn23)C1. The van der Waals surface area contributed by atoms with Gasteiger partial charge in [0.15, 0.2) is 5.65 Å². The van der Waals surface area contributed by atoms with Gasteiger partial charge in [-0.2, -0.15) is 0 Å². The number of anilines is 1. The fourth-order valence-electron chi connectivity index (χ4n) is 5.17. The molecule has 0 radical (unpaired) electrons. The van der Waals surface area contributed by atoms with E-state index in [2.05, 4.69) is 10.2 Å². The zero-order valence-corrected chi connectivity index (χ0v) is 19.9. The van der Waals surface area contributed by atoms with Gasteiger partial charge >= 0.3 is 0 Å². The molecule has 0 unspecified atom stereocenters. The fraction of sp³-hybridized carbons (Fsp3) is 0.269. The first-order valence-electron chi connectivity index (χ1n) is 11.8. The topological polar surface area (TPSA) is 87.9 Å². The normalized spacial score (nSPS) is 18.1. The van der Waals surface area contributed by atoms with E-state index in [4.69, 9.17) is 0 Å². The number of pyridine rings is 1. The average Bonchev–Trinajstić information content (AvgIpc) is 3.53. The van der Waals surface area contributed by atoms with Crippen LogP contribution in [0.25, 0.3) is 5.65 Å². The van der Waals surface area contributed by atoms with Crippen LogP contribution in [-0.4, -0.2) is 53.5 Å². The number of amides is 1. The van der Waals surface area contributed by atoms with Gasteiger partial charge in [-0.3, -0.25) is 13.5 Å². The molecule has 9 heteroatoms. The Balaban J connectivity index is 1.25. The summed E-state index contributed by atoms with van der Waals surface area (Å²) in [5, 5.41) is 8.64. The monoisotopic (exact) mass is 487 g/mol. The summed E-state index contributed by atoms with van der Waals surface area (Å²) in [5.41, 5.74) is 2.89. The number of hydrogen-bond acceptors (Lipinski definition) is 5. The van der Waals surface area contributed by atoms with Crippen LogP contribution in [0, 0.1) is 0 Å². The Labute approximate surface area is 203 Å². The van der Waals surface area contributed by atoms with E-state index < -0.39 is 10.0 Å². The van der Waals surface area contributed by atoms with Crippen molar-refractivity contribution in [2.24, 2.45) is 0 Å². The Morgan fingerprint density at radius 1 is 0.943 bits per heavy atom. The number of rotatable bonds is 4. The van der Waals surface area contributed by atoms with Crippen molar-refractivity contribution < 1.29 is 13.2 Å². The third kappa shape index (κ3) is 3.76. The van der Waals surface area contributed by atoms with E-state index in [1.54, 1.807) is 23.1 Å². The molecule has 1 saturated heterocycles. The van der Waals surface area contributed by atoms with E-state index in [1.165, 1.54) is 10.4 Å². The fourth-order valence-corrected chi connectivity index (χ4v) is 6.72. The molecule has 0 aliphatic carbocycles. The third-order valence-corrected chi connectivity index (χ3v) is 8.74. The summed E-state index contributed by atoms with van der Waals surface area (Å²) in [6, 6.07) is 19.7. The zero-order chi connectivity index (χ0) is 24.0. The van der Waals surface area contributed by atoms with Crippen LogP contribution in [0.5, 0.6) is 0 Å². The van der Waals surface area contributed by atoms with Crippen molar-refractivity contribution in [3.63, 3.8) is 0 Å². The van der Waals surface area contributed by atoms with Crippen molar-refractivity contribution in [2.75, 3.05) is 23.9 Å². The standard InChI is InChI=1S/C26H25N5O3S/c32-26(29-14-6-9-21(18-29)25-28-27-24-12-3-4-15-30(24)25)20-8-5-10-22(17-20)35(33,34)31-16-13-19-7-1-2-11-23(19)31/h1-5,7-8,10-12,15,17,21H,6,9,13-14,16,18H2/t21-/m1/s1. The second kappa shape index (κ2) is 8.49. The average molecular weight is 488 g/mol. The maximum absolute atomic E-state index is 13.5. The Kier molecular flexibility index (Phi) is 5.29. The van der Waals surface area contributed by atoms with Gasteiger partial charge in [0.25, 0.3) is 15.9 Å². The molecule has 4 aromatic rings. The lowest BCUT2D eigenvalue weighted by Crippen LogP contribution is -2.39. The van der Waals surface area contributed by atoms with Crippen LogP contribution in [0.15, 0.2) is 77.8 Å². The Morgan fingerprint density at radius 3 is 2.71 bits per heavy atom. The maximum Gasteiger partial charge on any atom is 0.264 e. The molecule has 0 saturated carbocycles. The number of hydrogen-bond donors (Lipinski definition) is 0. The van der Waals surface area contributed by atoms with Crippen molar-refractivity contribution in [3.05, 3.63) is 89.9 Å². The minimum Gasteiger partial charge on any atom is -0.338 e. The molecule has 4 heterocycles. The number of benzene rings is 2. The molecule has 0 bridgehead atoms. The highest BCUT2D eigenvalue weighted by Gasteiger charge is 2.32. The summed E-state index contributed by atoms with van der Waals surface area (Å²) < 4.78 is 30.3. The van der Waals surface area contributed by atoms with Crippen molar-refractivity contribution in [2.45, 2.75) is 30.1 Å². The van der Waals surface area contributed by atoms with E-state index in [1.807, 2.05) is 53.1 Å². The van der Waals surface area contributed by atoms with Gasteiger partial charge in [-0.15, -0.1) is 10.2 Å². The first-order chi connectivity index (χ1) is 17.0. The number of fused-ring (bicyclic) bond motifs is 2. The number of nitrogens with zero attached hydrogens (tertiary/aromatic N) is 5. The zero-order valence-electron chi connectivity index (χ0n) is 19.1. The van der Waals surface area contributed by atoms with Crippen molar-refractivity contribution in [1.29, 1.82) is 0 Å². The highest BCUT2D eigenvalue weighted by atomic mass is 32.2. The van der Waals surface area contributed by atoms with Gasteiger partial charge in [0.1, 0.15) is 5.82 Å². The van der Waals surface area contributed by atoms with Crippen LogP contribution in [0.3, 0.4) is 0 Å². The number of para-hydroxylation sites is 1. The quantitative estimate of drug-likeness (QED) is 0.440. The number of piperidine rings is 1. The van der Waals surface area contributed by atoms with Crippen LogP contribution in [0.4, 0.5) is 5.69 Å². The first kappa shape index (κ1) is 21.8. The largest absolute Gasteiger partial charge is 0.338 e. The minimum absolute atomic E-state index is 0.0677. The lowest BCUT2D eigenvalue weighted by molar-refractivity contribution is 0.0704. The van der Waals surface area contributed by atoms with Crippen LogP contribution in [-0.2, 0) is 16.4 Å². The van der Waals surface area contributed by atoms with E-state index in [9.17, 15) is 13.2 Å². The highest BCUT2D eigenvalue weighted by Crippen LogP contribution is 2.33. The van der Waals surface area contributed by atoms with Crippen LogP contribution < -0.4 is 4.31 Å². The molecule has 6 rings (SSSR count). The van der Waals surface area contributed by atoms with Gasteiger partial charge in [-0.25, -0.2) is 8.42 Å².